The van der Waals surface area contributed by atoms with Crippen LogP contribution in [-0.2, 0) is 29.1 Å². The molecule has 2 aromatic rings. The van der Waals surface area contributed by atoms with Gasteiger partial charge in [0.15, 0.2) is 0 Å². The molecule has 0 spiro atoms. The Bertz CT molecular complexity index is 1800. The van der Waals surface area contributed by atoms with E-state index in [4.69, 9.17) is 14.2 Å². The zero-order valence-corrected chi connectivity index (χ0v) is 32.9. The summed E-state index contributed by atoms with van der Waals surface area (Å²) in [5.74, 6) is -1.20. The molecule has 0 unspecified atom stereocenters. The lowest BCUT2D eigenvalue weighted by atomic mass is 9.85. The number of hydrogen-bond donors (Lipinski definition) is 3. The highest BCUT2D eigenvalue weighted by molar-refractivity contribution is 7.90. The molecule has 0 bridgehead atoms. The normalized spacial score (nSPS) is 19.7. The molecule has 1 saturated carbocycles. The lowest BCUT2D eigenvalue weighted by Gasteiger charge is -2.37. The molecule has 2 fully saturated rings. The van der Waals surface area contributed by atoms with Gasteiger partial charge in [0.1, 0.15) is 35.1 Å². The van der Waals surface area contributed by atoms with Gasteiger partial charge in [-0.15, -0.1) is 6.58 Å². The monoisotopic (exact) mass is 757 g/mol. The van der Waals surface area contributed by atoms with Crippen LogP contribution < -0.4 is 24.8 Å². The van der Waals surface area contributed by atoms with Crippen LogP contribution in [-0.4, -0.2) is 90.3 Å². The van der Waals surface area contributed by atoms with Gasteiger partial charge in [0, 0.05) is 18.0 Å². The number of carbonyl (C=O) groups excluding carboxylic acids is 4. The average molecular weight is 758 g/mol. The molecule has 3 N–H and O–H groups in total. The van der Waals surface area contributed by atoms with Crippen LogP contribution in [0.1, 0.15) is 93.4 Å². The van der Waals surface area contributed by atoms with Gasteiger partial charge in [0.2, 0.25) is 27.7 Å². The number of likely N-dealkylation sites (tertiary alicyclic amines) is 1. The Balaban J connectivity index is 1.69. The van der Waals surface area contributed by atoms with E-state index >= 15 is 0 Å². The van der Waals surface area contributed by atoms with Gasteiger partial charge in [-0.25, -0.2) is 18.2 Å². The Labute approximate surface area is 312 Å². The van der Waals surface area contributed by atoms with Crippen LogP contribution >= 0.6 is 0 Å². The van der Waals surface area contributed by atoms with Crippen LogP contribution in [0.15, 0.2) is 43.1 Å². The second-order valence-corrected chi connectivity index (χ2v) is 17.5. The highest BCUT2D eigenvalue weighted by atomic mass is 32.2. The molecule has 1 aromatic carbocycles. The number of alkyl carbamates (subject to hydrolysis) is 1. The van der Waals surface area contributed by atoms with Gasteiger partial charge in [-0.1, -0.05) is 47.1 Å². The fourth-order valence-electron chi connectivity index (χ4n) is 6.32. The lowest BCUT2D eigenvalue weighted by Crippen LogP contribution is -2.64. The van der Waals surface area contributed by atoms with E-state index in [2.05, 4.69) is 26.9 Å². The standard InChI is InChI=1S/C38H55N5O9S/c1-10-19-38(12-3,34(46)42-53(48,49)27-14-13-15-27)41-31(44)29-22-26(51-32-28-17-16-25(50-9)21-24(28)18-20-39-32)23-43(29)33(45)30(36(4,5)6)40-35(47)52-37(7,8)11-2/h10,16-18,20-21,26-27,29-30H,1,11-15,19,22-23H2,2-9H3,(H,40,47)(H,41,44)(H,42,46)/t26-,29+,30-,38-/m1/s1. The predicted molar refractivity (Wildman–Crippen MR) is 201 cm³/mol. The molecule has 53 heavy (non-hydrogen) atoms. The van der Waals surface area contributed by atoms with Crippen molar-refractivity contribution in [1.82, 2.24) is 25.2 Å². The number of hydrogen-bond acceptors (Lipinski definition) is 10. The van der Waals surface area contributed by atoms with Crippen molar-refractivity contribution in [2.45, 2.75) is 128 Å². The number of amides is 4. The third kappa shape index (κ3) is 9.59. The predicted octanol–water partition coefficient (Wildman–Crippen LogP) is 4.76. The molecule has 4 rings (SSSR count). The number of pyridine rings is 1. The van der Waals surface area contributed by atoms with Crippen LogP contribution in [0.3, 0.4) is 0 Å². The van der Waals surface area contributed by atoms with Gasteiger partial charge in [0.25, 0.3) is 5.91 Å². The smallest absolute Gasteiger partial charge is 0.408 e. The van der Waals surface area contributed by atoms with E-state index in [9.17, 15) is 27.6 Å². The van der Waals surface area contributed by atoms with Gasteiger partial charge in [0.05, 0.1) is 18.9 Å². The Morgan fingerprint density at radius 2 is 1.77 bits per heavy atom. The highest BCUT2D eigenvalue weighted by Crippen LogP contribution is 2.33. The maximum Gasteiger partial charge on any atom is 0.408 e. The molecule has 15 heteroatoms. The third-order valence-corrected chi connectivity index (χ3v) is 12.1. The molecule has 4 amide bonds. The zero-order valence-electron chi connectivity index (χ0n) is 32.1. The molecular formula is C38H55N5O9S. The van der Waals surface area contributed by atoms with Gasteiger partial charge in [-0.05, 0) is 81.0 Å². The number of carbonyl (C=O) groups is 4. The minimum atomic E-state index is -3.97. The van der Waals surface area contributed by atoms with Crippen molar-refractivity contribution in [2.75, 3.05) is 13.7 Å². The number of benzene rings is 1. The number of methoxy groups -OCH3 is 1. The summed E-state index contributed by atoms with van der Waals surface area (Å²) in [4.78, 5) is 61.6. The van der Waals surface area contributed by atoms with E-state index in [0.29, 0.717) is 30.4 Å². The van der Waals surface area contributed by atoms with Crippen molar-refractivity contribution >= 4 is 44.6 Å². The van der Waals surface area contributed by atoms with Crippen LogP contribution in [0, 0.1) is 5.41 Å². The molecule has 4 atom stereocenters. The molecule has 1 aromatic heterocycles. The number of sulfonamides is 1. The molecule has 0 radical (unpaired) electrons. The maximum absolute atomic E-state index is 14.6. The van der Waals surface area contributed by atoms with Gasteiger partial charge >= 0.3 is 6.09 Å². The quantitative estimate of drug-likeness (QED) is 0.214. The second kappa shape index (κ2) is 16.3. The van der Waals surface area contributed by atoms with Crippen molar-refractivity contribution in [3.05, 3.63) is 43.1 Å². The van der Waals surface area contributed by atoms with E-state index in [0.717, 1.165) is 11.8 Å². The first kappa shape index (κ1) is 41.4. The summed E-state index contributed by atoms with van der Waals surface area (Å²) >= 11 is 0. The van der Waals surface area contributed by atoms with Crippen LogP contribution in [0.25, 0.3) is 10.8 Å². The lowest BCUT2D eigenvalue weighted by molar-refractivity contribution is -0.143. The summed E-state index contributed by atoms with van der Waals surface area (Å²) in [5.41, 5.74) is -3.30. The highest BCUT2D eigenvalue weighted by Gasteiger charge is 2.49. The zero-order chi connectivity index (χ0) is 39.4. The molecular weight excluding hydrogens is 703 g/mol. The summed E-state index contributed by atoms with van der Waals surface area (Å²) in [6.07, 6.45) is 3.65. The molecule has 2 aliphatic rings. The molecule has 292 valence electrons. The topological polar surface area (TPSA) is 182 Å². The fraction of sp³-hybridized carbons (Fsp3) is 0.605. The maximum atomic E-state index is 14.6. The van der Waals surface area contributed by atoms with E-state index in [1.165, 1.54) is 11.0 Å². The summed E-state index contributed by atoms with van der Waals surface area (Å²) < 4.78 is 45.5. The van der Waals surface area contributed by atoms with Crippen LogP contribution in [0.5, 0.6) is 11.6 Å². The van der Waals surface area contributed by atoms with Crippen molar-refractivity contribution in [2.24, 2.45) is 5.41 Å². The average Bonchev–Trinajstić information content (AvgIpc) is 3.48. The van der Waals surface area contributed by atoms with Crippen molar-refractivity contribution < 1.29 is 41.8 Å². The summed E-state index contributed by atoms with van der Waals surface area (Å²) in [6, 6.07) is 4.93. The van der Waals surface area contributed by atoms with Crippen molar-refractivity contribution in [1.29, 1.82) is 0 Å². The molecule has 1 aliphatic heterocycles. The molecule has 1 aliphatic carbocycles. The number of fused-ring (bicyclic) bond motifs is 1. The van der Waals surface area contributed by atoms with Crippen LogP contribution in [0.4, 0.5) is 4.79 Å². The minimum Gasteiger partial charge on any atom is -0.497 e. The van der Waals surface area contributed by atoms with E-state index < -0.39 is 73.8 Å². The number of nitrogens with one attached hydrogen (secondary N) is 3. The second-order valence-electron chi connectivity index (χ2n) is 15.6. The van der Waals surface area contributed by atoms with E-state index in [-0.39, 0.29) is 31.7 Å². The first-order valence-electron chi connectivity index (χ1n) is 18.2. The first-order chi connectivity index (χ1) is 24.8. The molecule has 14 nitrogen and oxygen atoms in total. The van der Waals surface area contributed by atoms with Crippen molar-refractivity contribution in [3.8, 4) is 11.6 Å². The van der Waals surface area contributed by atoms with Crippen LogP contribution in [0.2, 0.25) is 0 Å². The van der Waals surface area contributed by atoms with E-state index in [1.807, 2.05) is 25.1 Å². The van der Waals surface area contributed by atoms with Gasteiger partial charge in [-0.2, -0.15) is 0 Å². The largest absolute Gasteiger partial charge is 0.497 e. The number of ether oxygens (including phenoxy) is 3. The fourth-order valence-corrected chi connectivity index (χ4v) is 7.89. The Morgan fingerprint density at radius 1 is 1.08 bits per heavy atom. The Kier molecular flexibility index (Phi) is 12.7. The first-order valence-corrected chi connectivity index (χ1v) is 19.7. The Hall–Kier alpha value is -4.40. The van der Waals surface area contributed by atoms with Crippen molar-refractivity contribution in [3.63, 3.8) is 0 Å². The number of aromatic nitrogens is 1. The summed E-state index contributed by atoms with van der Waals surface area (Å²) in [5, 5.41) is 6.36. The third-order valence-electron chi connectivity index (χ3n) is 10.3. The number of nitrogens with zero attached hydrogens (tertiary/aromatic N) is 2. The van der Waals surface area contributed by atoms with Gasteiger partial charge < -0.3 is 29.7 Å². The molecule has 1 saturated heterocycles. The number of rotatable bonds is 15. The summed E-state index contributed by atoms with van der Waals surface area (Å²) in [6.45, 7) is 16.1. The SMILES string of the molecule is C=CC[C@@](CC)(NC(=O)[C@@H]1C[C@@H](Oc2nccc3cc(OC)ccc23)CN1C(=O)[C@@H](NC(=O)OC(C)(C)CC)C(C)(C)C)C(=O)NS(=O)(=O)C1CCC1. The minimum absolute atomic E-state index is 0.00580. The van der Waals surface area contributed by atoms with Gasteiger partial charge in [-0.3, -0.25) is 19.1 Å². The summed E-state index contributed by atoms with van der Waals surface area (Å²) in [7, 11) is -2.40. The van der Waals surface area contributed by atoms with E-state index in [1.54, 1.807) is 60.9 Å². The molecule has 2 heterocycles. The Morgan fingerprint density at radius 3 is 2.34 bits per heavy atom.